The third kappa shape index (κ3) is 3.33. The molecule has 0 atom stereocenters. The highest BCUT2D eigenvalue weighted by atomic mass is 79.9. The Morgan fingerprint density at radius 2 is 2.20 bits per heavy atom. The first-order valence-electron chi connectivity index (χ1n) is 4.35. The van der Waals surface area contributed by atoms with Gasteiger partial charge in [0.1, 0.15) is 5.82 Å². The summed E-state index contributed by atoms with van der Waals surface area (Å²) in [5, 5.41) is 2.06. The largest absolute Gasteiger partial charge is 0.207 e. The van der Waals surface area contributed by atoms with Gasteiger partial charge in [-0.1, -0.05) is 6.07 Å². The molecule has 0 unspecified atom stereocenters. The quantitative estimate of drug-likeness (QED) is 0.724. The number of hydrogen-bond acceptors (Lipinski definition) is 2. The van der Waals surface area contributed by atoms with Crippen molar-refractivity contribution in [3.8, 4) is 0 Å². The van der Waals surface area contributed by atoms with E-state index in [1.54, 1.807) is 35.2 Å². The molecule has 0 radical (unpaired) electrons. The summed E-state index contributed by atoms with van der Waals surface area (Å²) in [6, 6.07) is 8.79. The Balaban J connectivity index is 1.99. The molecular formula is C11H8BrFS2. The second-order valence-electron chi connectivity index (χ2n) is 2.98. The highest BCUT2D eigenvalue weighted by Crippen LogP contribution is 2.28. The molecule has 0 amide bonds. The maximum absolute atomic E-state index is 12.9. The standard InChI is InChI=1S/C11H8BrFS2/c12-8-4-11(14-6-8)7-15-10-3-1-2-9(13)5-10/h1-6H,7H2. The van der Waals surface area contributed by atoms with Crippen LogP contribution >= 0.6 is 39.0 Å². The predicted octanol–water partition coefficient (Wildman–Crippen LogP) is 4.94. The molecule has 0 saturated carbocycles. The molecule has 0 aliphatic carbocycles. The molecule has 0 aliphatic rings. The Hall–Kier alpha value is -0.320. The van der Waals surface area contributed by atoms with E-state index in [-0.39, 0.29) is 5.82 Å². The molecule has 0 saturated heterocycles. The number of halogens is 2. The molecule has 0 spiro atoms. The number of rotatable bonds is 3. The van der Waals surface area contributed by atoms with Crippen molar-refractivity contribution in [1.29, 1.82) is 0 Å². The lowest BCUT2D eigenvalue weighted by Gasteiger charge is -1.99. The number of benzene rings is 1. The van der Waals surface area contributed by atoms with Gasteiger partial charge in [-0.05, 0) is 40.2 Å². The van der Waals surface area contributed by atoms with Crippen molar-refractivity contribution in [3.05, 3.63) is 50.9 Å². The van der Waals surface area contributed by atoms with Crippen LogP contribution in [0, 0.1) is 5.82 Å². The van der Waals surface area contributed by atoms with Crippen LogP contribution in [-0.4, -0.2) is 0 Å². The Morgan fingerprint density at radius 1 is 1.33 bits per heavy atom. The number of thioether (sulfide) groups is 1. The molecule has 1 heterocycles. The molecular weight excluding hydrogens is 295 g/mol. The number of thiophene rings is 1. The normalized spacial score (nSPS) is 10.5. The second-order valence-corrected chi connectivity index (χ2v) is 5.94. The second kappa shape index (κ2) is 5.14. The van der Waals surface area contributed by atoms with Crippen LogP contribution in [0.15, 0.2) is 45.1 Å². The van der Waals surface area contributed by atoms with Crippen LogP contribution in [0.4, 0.5) is 4.39 Å². The van der Waals surface area contributed by atoms with Gasteiger partial charge in [0.15, 0.2) is 0 Å². The van der Waals surface area contributed by atoms with Gasteiger partial charge in [0.05, 0.1) is 0 Å². The molecule has 0 bridgehead atoms. The van der Waals surface area contributed by atoms with Gasteiger partial charge in [0, 0.05) is 25.4 Å². The minimum atomic E-state index is -0.174. The fourth-order valence-corrected chi connectivity index (χ4v) is 3.59. The Bertz CT molecular complexity index is 453. The average molecular weight is 303 g/mol. The third-order valence-corrected chi connectivity index (χ3v) is 4.72. The van der Waals surface area contributed by atoms with Crippen molar-refractivity contribution in [2.75, 3.05) is 0 Å². The summed E-state index contributed by atoms with van der Waals surface area (Å²) in [7, 11) is 0. The van der Waals surface area contributed by atoms with Crippen LogP contribution in [0.5, 0.6) is 0 Å². The lowest BCUT2D eigenvalue weighted by Crippen LogP contribution is -1.77. The van der Waals surface area contributed by atoms with Gasteiger partial charge in [-0.25, -0.2) is 4.39 Å². The van der Waals surface area contributed by atoms with Crippen molar-refractivity contribution in [2.24, 2.45) is 0 Å². The maximum Gasteiger partial charge on any atom is 0.124 e. The van der Waals surface area contributed by atoms with E-state index < -0.39 is 0 Å². The molecule has 4 heteroatoms. The summed E-state index contributed by atoms with van der Waals surface area (Å²) in [5.41, 5.74) is 0. The van der Waals surface area contributed by atoms with Gasteiger partial charge < -0.3 is 0 Å². The van der Waals surface area contributed by atoms with E-state index in [1.807, 2.05) is 6.07 Å². The first kappa shape index (κ1) is 11.2. The zero-order valence-electron chi connectivity index (χ0n) is 7.74. The Kier molecular flexibility index (Phi) is 3.83. The Morgan fingerprint density at radius 3 is 2.87 bits per heavy atom. The summed E-state index contributed by atoms with van der Waals surface area (Å²) in [5.74, 6) is 0.715. The third-order valence-electron chi connectivity index (χ3n) is 1.80. The molecule has 0 fully saturated rings. The van der Waals surface area contributed by atoms with Gasteiger partial charge >= 0.3 is 0 Å². The van der Waals surface area contributed by atoms with Crippen LogP contribution in [0.3, 0.4) is 0 Å². The first-order valence-corrected chi connectivity index (χ1v) is 7.01. The molecule has 2 rings (SSSR count). The average Bonchev–Trinajstić information content (AvgIpc) is 2.62. The summed E-state index contributed by atoms with van der Waals surface area (Å²) in [6.07, 6.45) is 0. The lowest BCUT2D eigenvalue weighted by molar-refractivity contribution is 0.624. The van der Waals surface area contributed by atoms with E-state index in [0.29, 0.717) is 0 Å². The molecule has 1 aromatic carbocycles. The number of hydrogen-bond donors (Lipinski definition) is 0. The summed E-state index contributed by atoms with van der Waals surface area (Å²) in [4.78, 5) is 2.26. The van der Waals surface area contributed by atoms with Crippen LogP contribution in [-0.2, 0) is 5.75 Å². The first-order chi connectivity index (χ1) is 7.24. The smallest absolute Gasteiger partial charge is 0.124 e. The lowest BCUT2D eigenvalue weighted by atomic mass is 10.4. The van der Waals surface area contributed by atoms with Crippen molar-refractivity contribution in [1.82, 2.24) is 0 Å². The van der Waals surface area contributed by atoms with E-state index in [0.717, 1.165) is 15.1 Å². The summed E-state index contributed by atoms with van der Waals surface area (Å²) >= 11 is 6.77. The van der Waals surface area contributed by atoms with E-state index in [2.05, 4.69) is 27.4 Å². The minimum absolute atomic E-state index is 0.174. The van der Waals surface area contributed by atoms with Gasteiger partial charge in [-0.3, -0.25) is 0 Å². The molecule has 2 aromatic rings. The molecule has 15 heavy (non-hydrogen) atoms. The predicted molar refractivity (Wildman–Crippen MR) is 68.0 cm³/mol. The molecule has 0 nitrogen and oxygen atoms in total. The Labute approximate surface area is 105 Å². The van der Waals surface area contributed by atoms with Crippen molar-refractivity contribution < 1.29 is 4.39 Å². The fraction of sp³-hybridized carbons (Fsp3) is 0.0909. The fourth-order valence-electron chi connectivity index (χ4n) is 1.14. The van der Waals surface area contributed by atoms with Crippen LogP contribution in [0.1, 0.15) is 4.88 Å². The van der Waals surface area contributed by atoms with E-state index in [4.69, 9.17) is 0 Å². The maximum atomic E-state index is 12.9. The monoisotopic (exact) mass is 302 g/mol. The zero-order valence-corrected chi connectivity index (χ0v) is 11.0. The van der Waals surface area contributed by atoms with Gasteiger partial charge in [0.2, 0.25) is 0 Å². The van der Waals surface area contributed by atoms with E-state index in [1.165, 1.54) is 10.9 Å². The summed E-state index contributed by atoms with van der Waals surface area (Å²) in [6.45, 7) is 0. The summed E-state index contributed by atoms with van der Waals surface area (Å²) < 4.78 is 14.0. The van der Waals surface area contributed by atoms with Gasteiger partial charge in [-0.15, -0.1) is 23.1 Å². The SMILES string of the molecule is Fc1cccc(SCc2cc(Br)cs2)c1. The van der Waals surface area contributed by atoms with E-state index in [9.17, 15) is 4.39 Å². The molecule has 0 aliphatic heterocycles. The van der Waals surface area contributed by atoms with Crippen LogP contribution in [0.2, 0.25) is 0 Å². The molecule has 1 aromatic heterocycles. The van der Waals surface area contributed by atoms with Gasteiger partial charge in [-0.2, -0.15) is 0 Å². The van der Waals surface area contributed by atoms with Crippen molar-refractivity contribution >= 4 is 39.0 Å². The van der Waals surface area contributed by atoms with Crippen LogP contribution in [0.25, 0.3) is 0 Å². The van der Waals surface area contributed by atoms with Crippen LogP contribution < -0.4 is 0 Å². The molecule has 78 valence electrons. The highest BCUT2D eigenvalue weighted by Gasteiger charge is 2.00. The minimum Gasteiger partial charge on any atom is -0.207 e. The highest BCUT2D eigenvalue weighted by molar-refractivity contribution is 9.10. The topological polar surface area (TPSA) is 0 Å². The van der Waals surface area contributed by atoms with Gasteiger partial charge in [0.25, 0.3) is 0 Å². The van der Waals surface area contributed by atoms with E-state index >= 15 is 0 Å². The van der Waals surface area contributed by atoms with Crippen molar-refractivity contribution in [3.63, 3.8) is 0 Å². The molecule has 0 N–H and O–H groups in total. The van der Waals surface area contributed by atoms with Crippen molar-refractivity contribution in [2.45, 2.75) is 10.6 Å². The zero-order chi connectivity index (χ0) is 10.7.